The maximum absolute atomic E-state index is 4.82. The van der Waals surface area contributed by atoms with Gasteiger partial charge in [0.15, 0.2) is 0 Å². The first-order chi connectivity index (χ1) is 3.83. The molecule has 0 aromatic carbocycles. The van der Waals surface area contributed by atoms with Gasteiger partial charge < -0.3 is 5.68 Å². The molecule has 0 fully saturated rings. The number of rotatable bonds is 2. The van der Waals surface area contributed by atoms with Crippen LogP contribution in [0.4, 0.5) is 0 Å². The molecular formula is C2H12Al4O2. The van der Waals surface area contributed by atoms with Crippen LogP contribution in [0.3, 0.4) is 0 Å². The summed E-state index contributed by atoms with van der Waals surface area (Å²) in [4.78, 5) is 0. The molecule has 2 nitrogen and oxygen atoms in total. The van der Waals surface area contributed by atoms with Crippen molar-refractivity contribution < 1.29 is 5.68 Å². The third-order valence-corrected chi connectivity index (χ3v) is 5.20. The first-order valence-electron chi connectivity index (χ1n) is 2.81. The van der Waals surface area contributed by atoms with Gasteiger partial charge in [0.25, 0.3) is 0 Å². The van der Waals surface area contributed by atoms with Gasteiger partial charge in [-0.25, -0.2) is 0 Å². The van der Waals surface area contributed by atoms with Gasteiger partial charge in [0.2, 0.25) is 0 Å². The van der Waals surface area contributed by atoms with E-state index in [4.69, 9.17) is 5.68 Å². The van der Waals surface area contributed by atoms with E-state index in [1.807, 2.05) is 0 Å². The average molecular weight is 176 g/mol. The summed E-state index contributed by atoms with van der Waals surface area (Å²) in [6.45, 7) is 0. The molecule has 0 rings (SSSR count). The van der Waals surface area contributed by atoms with Gasteiger partial charge >= 0.3 is 64.4 Å². The van der Waals surface area contributed by atoms with Crippen LogP contribution in [-0.4, -0.2) is 64.4 Å². The molecule has 0 aliphatic rings. The second-order valence-corrected chi connectivity index (χ2v) is 6.93. The zero-order valence-electron chi connectivity index (χ0n) is 6.23. The van der Waals surface area contributed by atoms with Gasteiger partial charge in [-0.1, -0.05) is 11.6 Å². The molecule has 0 aliphatic carbocycles. The molecule has 8 heavy (non-hydrogen) atoms. The van der Waals surface area contributed by atoms with Crippen molar-refractivity contribution in [1.29, 1.82) is 0 Å². The Labute approximate surface area is 80.9 Å². The molecule has 0 radical (unpaired) electrons. The fourth-order valence-electron chi connectivity index (χ4n) is 0. The Hall–Kier alpha value is 2.05. The van der Waals surface area contributed by atoms with Gasteiger partial charge in [-0.15, -0.1) is 0 Å². The van der Waals surface area contributed by atoms with E-state index in [1.165, 1.54) is 0 Å². The Bertz CT molecular complexity index is 20.0. The van der Waals surface area contributed by atoms with Crippen LogP contribution < -0.4 is 0 Å². The maximum Gasteiger partial charge on any atom is 0.401 e. The summed E-state index contributed by atoms with van der Waals surface area (Å²) in [6.07, 6.45) is 0. The van der Waals surface area contributed by atoms with Crippen LogP contribution in [0, 0.1) is 0 Å². The lowest BCUT2D eigenvalue weighted by Gasteiger charge is -1.75. The number of hydrogen-bond acceptors (Lipinski definition) is 2. The van der Waals surface area contributed by atoms with E-state index in [0.717, 1.165) is 33.2 Å². The van der Waals surface area contributed by atoms with Crippen molar-refractivity contribution in [1.82, 2.24) is 0 Å². The zero-order chi connectivity index (χ0) is 6.83. The molecule has 44 valence electrons. The summed E-state index contributed by atoms with van der Waals surface area (Å²) in [7, 11) is 0. The third-order valence-electron chi connectivity index (χ3n) is 0.577. The molecular weight excluding hydrogens is 164 g/mol. The Kier molecular flexibility index (Phi) is 25.4. The van der Waals surface area contributed by atoms with Crippen LogP contribution in [-0.2, 0) is 5.68 Å². The standard InChI is InChI=1S/2CH3.4Al.2O.6H/h2*1H3;;;;;;;;;;;;. The topological polar surface area (TPSA) is 18.5 Å². The lowest BCUT2D eigenvalue weighted by atomic mass is 11.9. The molecule has 0 saturated heterocycles. The molecule has 0 unspecified atom stereocenters. The van der Waals surface area contributed by atoms with Gasteiger partial charge in [-0.3, -0.25) is 0 Å². The summed E-state index contributed by atoms with van der Waals surface area (Å²) in [6, 6.07) is 0. The van der Waals surface area contributed by atoms with E-state index in [-0.39, 0.29) is 31.1 Å². The first-order valence-corrected chi connectivity index (χ1v) is 8.42. The fourth-order valence-corrected chi connectivity index (χ4v) is 0. The molecule has 0 aromatic rings. The Morgan fingerprint density at radius 1 is 1.00 bits per heavy atom. The molecule has 0 bridgehead atoms. The van der Waals surface area contributed by atoms with Crippen LogP contribution in [0.5, 0.6) is 0 Å². The van der Waals surface area contributed by atoms with Crippen LogP contribution in [0.25, 0.3) is 0 Å². The predicted octanol–water partition coefficient (Wildman–Crippen LogP) is -2.10. The minimum absolute atomic E-state index is 0.0139. The fraction of sp³-hybridized carbons (Fsp3) is 1.00. The van der Waals surface area contributed by atoms with Gasteiger partial charge in [0.1, 0.15) is 0 Å². The summed E-state index contributed by atoms with van der Waals surface area (Å²) in [5.74, 6) is 4.26. The van der Waals surface area contributed by atoms with E-state index < -0.39 is 0 Å². The summed E-state index contributed by atoms with van der Waals surface area (Å²) < 4.78 is 9.64. The van der Waals surface area contributed by atoms with Crippen LogP contribution in [0.1, 0.15) is 0 Å². The molecule has 0 spiro atoms. The number of hydrogen-bond donors (Lipinski definition) is 0. The van der Waals surface area contributed by atoms with Crippen molar-refractivity contribution in [3.63, 3.8) is 0 Å². The van der Waals surface area contributed by atoms with E-state index >= 15 is 0 Å². The summed E-state index contributed by atoms with van der Waals surface area (Å²) >= 11 is 1.88. The lowest BCUT2D eigenvalue weighted by molar-refractivity contribution is 0.670. The molecule has 0 saturated carbocycles. The van der Waals surface area contributed by atoms with Crippen LogP contribution in [0.2, 0.25) is 11.6 Å². The second kappa shape index (κ2) is 16.0. The van der Waals surface area contributed by atoms with Crippen molar-refractivity contribution in [3.8, 4) is 0 Å². The van der Waals surface area contributed by atoms with Gasteiger partial charge in [0.05, 0.1) is 0 Å². The molecule has 0 aromatic heterocycles. The largest absolute Gasteiger partial charge is 0.645 e. The van der Waals surface area contributed by atoms with Gasteiger partial charge in [-0.2, -0.15) is 0 Å². The van der Waals surface area contributed by atoms with Crippen LogP contribution >= 0.6 is 0 Å². The minimum Gasteiger partial charge on any atom is -0.645 e. The van der Waals surface area contributed by atoms with E-state index in [2.05, 4.69) is 11.6 Å². The molecule has 0 amide bonds. The lowest BCUT2D eigenvalue weighted by Crippen LogP contribution is -1.82. The normalized spacial score (nSPS) is 6.25. The highest BCUT2D eigenvalue weighted by atomic mass is 27.2. The molecule has 0 atom stereocenters. The summed E-state index contributed by atoms with van der Waals surface area (Å²) in [5.41, 5.74) is 0. The van der Waals surface area contributed by atoms with Gasteiger partial charge in [-0.05, 0) is 0 Å². The molecule has 6 heteroatoms. The molecule has 0 heterocycles. The van der Waals surface area contributed by atoms with Crippen molar-refractivity contribution in [2.75, 3.05) is 0 Å². The monoisotopic (exact) mass is 176 g/mol. The molecule has 0 aliphatic heterocycles. The van der Waals surface area contributed by atoms with Crippen LogP contribution in [0.15, 0.2) is 0 Å². The SMILES string of the molecule is [CH3][AlH][O][AlH2].[CH3][AlH][O][AlH2]. The maximum atomic E-state index is 4.82. The predicted molar refractivity (Wildman–Crippen MR) is 45.3 cm³/mol. The highest BCUT2D eigenvalue weighted by Gasteiger charge is 1.65. The van der Waals surface area contributed by atoms with E-state index in [0.29, 0.717) is 0 Å². The summed E-state index contributed by atoms with van der Waals surface area (Å²) in [5, 5.41) is 0. The van der Waals surface area contributed by atoms with Crippen molar-refractivity contribution in [2.45, 2.75) is 11.6 Å². The Balaban J connectivity index is 0. The first kappa shape index (κ1) is 12.7. The second-order valence-electron chi connectivity index (χ2n) is 1.15. The average Bonchev–Trinajstić information content (AvgIpc) is 1.88. The van der Waals surface area contributed by atoms with Crippen molar-refractivity contribution in [3.05, 3.63) is 0 Å². The van der Waals surface area contributed by atoms with Crippen molar-refractivity contribution >= 4 is 64.4 Å². The quantitative estimate of drug-likeness (QED) is 0.449. The van der Waals surface area contributed by atoms with Crippen molar-refractivity contribution in [2.24, 2.45) is 0 Å². The smallest absolute Gasteiger partial charge is 0.401 e. The highest BCUT2D eigenvalue weighted by Crippen LogP contribution is 1.46. The molecule has 0 N–H and O–H groups in total. The third kappa shape index (κ3) is 24.4. The highest BCUT2D eigenvalue weighted by molar-refractivity contribution is 6.32. The van der Waals surface area contributed by atoms with E-state index in [9.17, 15) is 0 Å². The Morgan fingerprint density at radius 2 is 1.12 bits per heavy atom. The Morgan fingerprint density at radius 3 is 1.12 bits per heavy atom. The zero-order valence-corrected chi connectivity index (χ0v) is 13.1. The van der Waals surface area contributed by atoms with Gasteiger partial charge in [0, 0.05) is 0 Å². The van der Waals surface area contributed by atoms with E-state index in [1.54, 1.807) is 0 Å². The minimum atomic E-state index is -0.0139.